The Morgan fingerprint density at radius 1 is 1.36 bits per heavy atom. The molecule has 9 heteroatoms. The number of hydrogen-bond acceptors (Lipinski definition) is 4. The van der Waals surface area contributed by atoms with Gasteiger partial charge in [0.25, 0.3) is 5.69 Å². The van der Waals surface area contributed by atoms with Crippen LogP contribution in [0.1, 0.15) is 44.4 Å². The molecular weight excluding hydrogens is 357 g/mol. The van der Waals surface area contributed by atoms with Crippen LogP contribution in [-0.2, 0) is 11.8 Å². The maximum Gasteiger partial charge on any atom is 0.423 e. The Bertz CT molecular complexity index is 828. The first-order valence-corrected chi connectivity index (χ1v) is 8.03. The zero-order valence-electron chi connectivity index (χ0n) is 13.6. The minimum Gasteiger partial charge on any atom is -0.379 e. The molecule has 1 atom stereocenters. The lowest BCUT2D eigenvalue weighted by Gasteiger charge is -2.23. The van der Waals surface area contributed by atoms with Crippen molar-refractivity contribution in [3.05, 3.63) is 39.6 Å². The van der Waals surface area contributed by atoms with Crippen molar-refractivity contribution in [2.75, 3.05) is 0 Å². The highest BCUT2D eigenvalue weighted by Gasteiger charge is 2.39. The maximum absolute atomic E-state index is 13.1. The molecule has 0 aliphatic carbocycles. The Labute approximate surface area is 147 Å². The lowest BCUT2D eigenvalue weighted by atomic mass is 9.94. The van der Waals surface area contributed by atoms with Gasteiger partial charge < -0.3 is 10.1 Å². The summed E-state index contributed by atoms with van der Waals surface area (Å²) in [5.41, 5.74) is -3.66. The van der Waals surface area contributed by atoms with Gasteiger partial charge >= 0.3 is 6.18 Å². The predicted molar refractivity (Wildman–Crippen MR) is 91.6 cm³/mol. The third kappa shape index (κ3) is 3.82. The van der Waals surface area contributed by atoms with Crippen LogP contribution in [0.5, 0.6) is 0 Å². The maximum atomic E-state index is 13.1. The number of aromatic nitrogens is 1. The van der Waals surface area contributed by atoms with Crippen LogP contribution in [0, 0.1) is 10.1 Å². The van der Waals surface area contributed by atoms with Crippen molar-refractivity contribution < 1.29 is 23.2 Å². The average Bonchev–Trinajstić information content (AvgIpc) is 2.94. The lowest BCUT2D eigenvalue weighted by molar-refractivity contribution is -0.387. The fraction of sp³-hybridized carbons (Fsp3) is 0.438. The molecule has 2 aromatic rings. The molecule has 136 valence electrons. The number of nitrogens with zero attached hydrogens (tertiary/aromatic N) is 1. The van der Waals surface area contributed by atoms with Gasteiger partial charge in [-0.1, -0.05) is 25.6 Å². The van der Waals surface area contributed by atoms with E-state index >= 15 is 0 Å². The SMILES string of the molecule is CCCCC(=S)C(C)(O)c1cc2cc([N+](=O)[O-])c(C(F)(F)F)cc2[nH]1. The van der Waals surface area contributed by atoms with E-state index in [-0.39, 0.29) is 16.6 Å². The molecule has 0 aliphatic rings. The van der Waals surface area contributed by atoms with Crippen molar-refractivity contribution in [2.45, 2.75) is 44.9 Å². The number of halogens is 3. The van der Waals surface area contributed by atoms with Gasteiger partial charge in [-0.05, 0) is 31.9 Å². The average molecular weight is 374 g/mol. The lowest BCUT2D eigenvalue weighted by Crippen LogP contribution is -2.31. The van der Waals surface area contributed by atoms with Crippen molar-refractivity contribution in [3.63, 3.8) is 0 Å². The Balaban J connectivity index is 2.56. The number of alkyl halides is 3. The molecule has 0 saturated carbocycles. The Morgan fingerprint density at radius 2 is 2.00 bits per heavy atom. The summed E-state index contributed by atoms with van der Waals surface area (Å²) in [6.07, 6.45) is -2.72. The van der Waals surface area contributed by atoms with Crippen LogP contribution in [-0.4, -0.2) is 19.9 Å². The number of hydrogen-bond donors (Lipinski definition) is 2. The second-order valence-electron chi connectivity index (χ2n) is 5.99. The summed E-state index contributed by atoms with van der Waals surface area (Å²) in [5, 5.41) is 21.8. The number of fused-ring (bicyclic) bond motifs is 1. The van der Waals surface area contributed by atoms with E-state index in [1.165, 1.54) is 13.0 Å². The van der Waals surface area contributed by atoms with Gasteiger partial charge in [0, 0.05) is 21.8 Å². The van der Waals surface area contributed by atoms with Crippen molar-refractivity contribution in [1.29, 1.82) is 0 Å². The van der Waals surface area contributed by atoms with E-state index in [1.807, 2.05) is 6.92 Å². The second-order valence-corrected chi connectivity index (χ2v) is 6.49. The third-order valence-corrected chi connectivity index (χ3v) is 4.67. The molecule has 1 aromatic heterocycles. The zero-order valence-corrected chi connectivity index (χ0v) is 14.4. The molecule has 1 heterocycles. The van der Waals surface area contributed by atoms with E-state index in [0.717, 1.165) is 18.9 Å². The molecule has 0 aliphatic heterocycles. The van der Waals surface area contributed by atoms with Crippen LogP contribution < -0.4 is 0 Å². The number of nitrogens with one attached hydrogen (secondary N) is 1. The first-order chi connectivity index (χ1) is 11.5. The van der Waals surface area contributed by atoms with E-state index in [1.54, 1.807) is 0 Å². The van der Waals surface area contributed by atoms with Crippen LogP contribution in [0.15, 0.2) is 18.2 Å². The first kappa shape index (κ1) is 19.3. The van der Waals surface area contributed by atoms with Crippen molar-refractivity contribution >= 4 is 33.7 Å². The zero-order chi connectivity index (χ0) is 19.0. The highest BCUT2D eigenvalue weighted by Crippen LogP contribution is 2.39. The number of nitro groups is 1. The largest absolute Gasteiger partial charge is 0.423 e. The van der Waals surface area contributed by atoms with Gasteiger partial charge in [0.1, 0.15) is 11.2 Å². The molecule has 0 amide bonds. The van der Waals surface area contributed by atoms with Gasteiger partial charge in [-0.15, -0.1) is 0 Å². The summed E-state index contributed by atoms with van der Waals surface area (Å²) in [4.78, 5) is 13.0. The molecule has 0 bridgehead atoms. The number of rotatable bonds is 6. The van der Waals surface area contributed by atoms with Crippen LogP contribution >= 0.6 is 12.2 Å². The molecule has 0 saturated heterocycles. The molecule has 2 rings (SSSR count). The van der Waals surface area contributed by atoms with Gasteiger partial charge in [-0.2, -0.15) is 13.2 Å². The molecule has 0 spiro atoms. The Hall–Kier alpha value is -2.00. The van der Waals surface area contributed by atoms with Crippen molar-refractivity contribution in [1.82, 2.24) is 4.98 Å². The minimum atomic E-state index is -4.86. The van der Waals surface area contributed by atoms with Gasteiger partial charge in [0.05, 0.1) is 10.6 Å². The highest BCUT2D eigenvalue weighted by molar-refractivity contribution is 7.80. The van der Waals surface area contributed by atoms with Crippen molar-refractivity contribution in [3.8, 4) is 0 Å². The summed E-state index contributed by atoms with van der Waals surface area (Å²) >= 11 is 5.24. The standard InChI is InChI=1S/C16H17F3N2O3S/c1-3-4-5-14(25)15(2,22)13-7-9-6-12(21(23)24)10(16(17,18)19)8-11(9)20-13/h6-8,20,22H,3-5H2,1-2H3. The van der Waals surface area contributed by atoms with Gasteiger partial charge in [-0.25, -0.2) is 0 Å². The molecule has 0 fully saturated rings. The van der Waals surface area contributed by atoms with Gasteiger partial charge in [-0.3, -0.25) is 10.1 Å². The predicted octanol–water partition coefficient (Wildman–Crippen LogP) is 4.86. The van der Waals surface area contributed by atoms with E-state index in [0.29, 0.717) is 17.4 Å². The molecule has 5 nitrogen and oxygen atoms in total. The van der Waals surface area contributed by atoms with E-state index in [4.69, 9.17) is 12.2 Å². The summed E-state index contributed by atoms with van der Waals surface area (Å²) in [7, 11) is 0. The fourth-order valence-electron chi connectivity index (χ4n) is 2.54. The normalized spacial score (nSPS) is 14.5. The number of benzene rings is 1. The Morgan fingerprint density at radius 3 is 2.52 bits per heavy atom. The molecule has 2 N–H and O–H groups in total. The number of thiocarbonyl (C=S) groups is 1. The third-order valence-electron chi connectivity index (χ3n) is 4.06. The highest BCUT2D eigenvalue weighted by atomic mass is 32.1. The minimum absolute atomic E-state index is 0.0477. The van der Waals surface area contributed by atoms with Crippen LogP contribution in [0.25, 0.3) is 10.9 Å². The topological polar surface area (TPSA) is 79.2 Å². The number of unbranched alkanes of at least 4 members (excludes halogenated alkanes) is 1. The molecule has 25 heavy (non-hydrogen) atoms. The summed E-state index contributed by atoms with van der Waals surface area (Å²) in [6.45, 7) is 3.42. The first-order valence-electron chi connectivity index (χ1n) is 7.63. The second kappa shape index (κ2) is 6.72. The van der Waals surface area contributed by atoms with Crippen molar-refractivity contribution in [2.24, 2.45) is 0 Å². The van der Waals surface area contributed by atoms with E-state index in [9.17, 15) is 28.4 Å². The van der Waals surface area contributed by atoms with Gasteiger partial charge in [0.2, 0.25) is 0 Å². The van der Waals surface area contributed by atoms with Gasteiger partial charge in [0.15, 0.2) is 0 Å². The Kier molecular flexibility index (Phi) is 5.19. The van der Waals surface area contributed by atoms with E-state index < -0.39 is 28.0 Å². The molecule has 1 aromatic carbocycles. The molecule has 1 unspecified atom stereocenters. The molecule has 0 radical (unpaired) electrons. The summed E-state index contributed by atoms with van der Waals surface area (Å²) < 4.78 is 39.2. The number of nitro benzene ring substituents is 1. The number of aromatic amines is 1. The fourth-order valence-corrected chi connectivity index (χ4v) is 2.79. The number of aliphatic hydroxyl groups is 1. The monoisotopic (exact) mass is 374 g/mol. The van der Waals surface area contributed by atoms with Crippen LogP contribution in [0.2, 0.25) is 0 Å². The molecular formula is C16H17F3N2O3S. The number of H-pyrrole nitrogens is 1. The quantitative estimate of drug-likeness (QED) is 0.430. The van der Waals surface area contributed by atoms with E-state index in [2.05, 4.69) is 4.98 Å². The summed E-state index contributed by atoms with van der Waals surface area (Å²) in [6, 6.07) is 2.92. The smallest absolute Gasteiger partial charge is 0.379 e. The van der Waals surface area contributed by atoms with Crippen LogP contribution in [0.3, 0.4) is 0 Å². The summed E-state index contributed by atoms with van der Waals surface area (Å²) in [5.74, 6) is 0. The van der Waals surface area contributed by atoms with Crippen LogP contribution in [0.4, 0.5) is 18.9 Å².